The number of methoxy groups -OCH3 is 2. The molecular weight excluding hydrogens is 684 g/mol. The summed E-state index contributed by atoms with van der Waals surface area (Å²) in [5, 5.41) is 11.0. The summed E-state index contributed by atoms with van der Waals surface area (Å²) in [7, 11) is 5.24. The fourth-order valence-electron chi connectivity index (χ4n) is 9.17. The van der Waals surface area contributed by atoms with E-state index in [1.54, 1.807) is 21.1 Å². The van der Waals surface area contributed by atoms with E-state index in [-0.39, 0.29) is 18.6 Å². The highest BCUT2D eigenvalue weighted by Crippen LogP contribution is 2.45. The highest BCUT2D eigenvalue weighted by molar-refractivity contribution is 5.76. The van der Waals surface area contributed by atoms with Crippen molar-refractivity contribution in [3.63, 3.8) is 0 Å². The number of aliphatic hydroxyl groups is 1. The third-order valence-electron chi connectivity index (χ3n) is 12.4. The van der Waals surface area contributed by atoms with Gasteiger partial charge in [-0.3, -0.25) is 4.79 Å². The number of aliphatic imine (C=N–C) groups is 1. The van der Waals surface area contributed by atoms with Crippen LogP contribution in [0.2, 0.25) is 0 Å². The number of carbonyl (C=O) groups is 1. The van der Waals surface area contributed by atoms with Crippen molar-refractivity contribution in [3.8, 4) is 0 Å². The fourth-order valence-corrected chi connectivity index (χ4v) is 9.17. The van der Waals surface area contributed by atoms with E-state index in [4.69, 9.17) is 42.6 Å². The molecule has 5 rings (SSSR count). The van der Waals surface area contributed by atoms with Crippen LogP contribution < -0.4 is 0 Å². The first-order chi connectivity index (χ1) is 24.8. The van der Waals surface area contributed by atoms with E-state index in [2.05, 4.69) is 9.89 Å². The Morgan fingerprint density at radius 2 is 1.68 bits per heavy atom. The Hall–Kier alpha value is -2.26. The molecule has 0 aliphatic carbocycles. The van der Waals surface area contributed by atoms with Gasteiger partial charge in [-0.25, -0.2) is 4.99 Å². The smallest absolute Gasteiger partial charge is 0.311 e. The first-order valence-electron chi connectivity index (χ1n) is 19.5. The first kappa shape index (κ1) is 41.9. The average Bonchev–Trinajstić information content (AvgIpc) is 3.60. The summed E-state index contributed by atoms with van der Waals surface area (Å²) in [4.78, 5) is 21.0. The first-order valence-corrected chi connectivity index (χ1v) is 19.5. The molecule has 5 aliphatic heterocycles. The molecule has 13 nitrogen and oxygen atoms in total. The molecule has 15 atom stereocenters. The number of likely N-dealkylation sites (N-methyl/N-ethyl adjacent to an activating group) is 1. The van der Waals surface area contributed by atoms with E-state index in [1.807, 2.05) is 82.4 Å². The van der Waals surface area contributed by atoms with Crippen LogP contribution in [0.5, 0.6) is 0 Å². The second-order valence-corrected chi connectivity index (χ2v) is 16.6. The molecule has 3 fully saturated rings. The normalized spacial score (nSPS) is 47.5. The third kappa shape index (κ3) is 8.04. The molecule has 0 aromatic rings. The lowest BCUT2D eigenvalue weighted by Crippen LogP contribution is -2.60. The Kier molecular flexibility index (Phi) is 12.7. The summed E-state index contributed by atoms with van der Waals surface area (Å²) < 4.78 is 58.7. The molecule has 0 saturated carbocycles. The van der Waals surface area contributed by atoms with Crippen LogP contribution in [0, 0.1) is 11.8 Å². The zero-order valence-corrected chi connectivity index (χ0v) is 34.5. The second-order valence-electron chi connectivity index (χ2n) is 16.6. The number of hydrogen-bond acceptors (Lipinski definition) is 12. The Balaban J connectivity index is 1.62. The molecule has 2 bridgehead atoms. The van der Waals surface area contributed by atoms with Gasteiger partial charge in [-0.2, -0.15) is 0 Å². The SMILES string of the molecule is CCN=C1O[C@H]2[C@H](O[C@@H]3[C@@H](C)[C@H](O[C@H]4C[C@@](C)(OC)[C@@H](O)[C@H](C)O4)[C@@H](C)C(=O)O[C@H](CC)[C@]4(C)C=C(C)/C(=C(\C)C[C@]3(C)OC)O4)O[C@H](C)C[C@@H]2N1C. The van der Waals surface area contributed by atoms with Gasteiger partial charge in [-0.15, -0.1) is 0 Å². The van der Waals surface area contributed by atoms with Crippen molar-refractivity contribution in [1.82, 2.24) is 4.90 Å². The molecule has 0 aromatic heterocycles. The number of carbonyl (C=O) groups excluding carboxylic acids is 1. The monoisotopic (exact) mass is 750 g/mol. The molecule has 5 aliphatic rings. The van der Waals surface area contributed by atoms with Crippen LogP contribution >= 0.6 is 0 Å². The van der Waals surface area contributed by atoms with E-state index in [9.17, 15) is 9.90 Å². The second kappa shape index (κ2) is 16.1. The van der Waals surface area contributed by atoms with Crippen LogP contribution in [0.1, 0.15) is 102 Å². The topological polar surface area (TPSA) is 136 Å². The van der Waals surface area contributed by atoms with Gasteiger partial charge in [0, 0.05) is 46.6 Å². The van der Waals surface area contributed by atoms with Gasteiger partial charge in [0.15, 0.2) is 24.3 Å². The van der Waals surface area contributed by atoms with Crippen LogP contribution in [0.25, 0.3) is 0 Å². The van der Waals surface area contributed by atoms with E-state index in [1.165, 1.54) is 0 Å². The number of allylic oxidation sites excluding steroid dienone is 1. The fraction of sp³-hybridized carbons (Fsp3) is 0.850. The maximum Gasteiger partial charge on any atom is 0.311 e. The Labute approximate surface area is 316 Å². The van der Waals surface area contributed by atoms with Crippen molar-refractivity contribution < 1.29 is 52.5 Å². The lowest BCUT2D eigenvalue weighted by molar-refractivity contribution is -0.314. The molecule has 13 heteroatoms. The molecule has 53 heavy (non-hydrogen) atoms. The van der Waals surface area contributed by atoms with Gasteiger partial charge in [-0.1, -0.05) is 13.8 Å². The number of nitrogens with zero attached hydrogens (tertiary/aromatic N) is 2. The van der Waals surface area contributed by atoms with Gasteiger partial charge in [0.1, 0.15) is 18.0 Å². The number of rotatable bonds is 8. The van der Waals surface area contributed by atoms with Crippen molar-refractivity contribution in [1.29, 1.82) is 0 Å². The van der Waals surface area contributed by atoms with Crippen LogP contribution in [0.3, 0.4) is 0 Å². The number of ether oxygens (including phenoxy) is 9. The summed E-state index contributed by atoms with van der Waals surface area (Å²) in [5.74, 6) is -0.972. The summed E-state index contributed by atoms with van der Waals surface area (Å²) in [5.41, 5.74) is -0.850. The van der Waals surface area contributed by atoms with Crippen molar-refractivity contribution in [2.45, 2.75) is 180 Å². The molecule has 1 N–H and O–H groups in total. The standard InChI is InChI=1S/C40H66N2O11/c1-15-28-38(9)18-21(3)30(53-38)22(4)19-40(11,46-14)34(52-36-32-27(17-23(5)47-36)42(12)37(51-32)41-16-2)24(6)31(25(7)35(44)49-28)50-29-20-39(10,45-13)33(43)26(8)48-29/h18,23-29,31-34,36,43H,15-17,19-20H2,1-14H3/b30-22-,41-37?/t23-,24+,25-,26+,27+,28-,29+,31+,32-,33+,34-,36+,38+,39-,40+/m1/s1. The predicted molar refractivity (Wildman–Crippen MR) is 198 cm³/mol. The van der Waals surface area contributed by atoms with E-state index in [0.717, 1.165) is 23.3 Å². The van der Waals surface area contributed by atoms with Crippen LogP contribution in [-0.4, -0.2) is 128 Å². The zero-order chi connectivity index (χ0) is 39.2. The Morgan fingerprint density at radius 3 is 2.30 bits per heavy atom. The Morgan fingerprint density at radius 1 is 1.00 bits per heavy atom. The van der Waals surface area contributed by atoms with Gasteiger partial charge in [0.2, 0.25) is 0 Å². The van der Waals surface area contributed by atoms with Gasteiger partial charge in [-0.05, 0) is 92.4 Å². The van der Waals surface area contributed by atoms with Crippen LogP contribution in [-0.2, 0) is 47.4 Å². The summed E-state index contributed by atoms with van der Waals surface area (Å²) in [6.07, 6.45) is -1.73. The molecule has 5 heterocycles. The van der Waals surface area contributed by atoms with Crippen LogP contribution in [0.4, 0.5) is 0 Å². The molecule has 0 radical (unpaired) electrons. The number of hydrogen-bond donors (Lipinski definition) is 1. The van der Waals surface area contributed by atoms with Gasteiger partial charge in [0.25, 0.3) is 6.02 Å². The van der Waals surface area contributed by atoms with Crippen molar-refractivity contribution >= 4 is 12.0 Å². The molecule has 0 aromatic carbocycles. The summed E-state index contributed by atoms with van der Waals surface area (Å²) in [6.45, 7) is 22.1. The molecule has 0 spiro atoms. The highest BCUT2D eigenvalue weighted by Gasteiger charge is 2.55. The minimum atomic E-state index is -0.981. The summed E-state index contributed by atoms with van der Waals surface area (Å²) in [6, 6.07) is 0.543. The minimum absolute atomic E-state index is 0.0173. The molecule has 0 amide bonds. The summed E-state index contributed by atoms with van der Waals surface area (Å²) >= 11 is 0. The van der Waals surface area contributed by atoms with Crippen molar-refractivity contribution in [2.75, 3.05) is 27.8 Å². The van der Waals surface area contributed by atoms with E-state index in [0.29, 0.717) is 25.4 Å². The molecule has 0 unspecified atom stereocenters. The number of cyclic esters (lactones) is 1. The average molecular weight is 751 g/mol. The lowest BCUT2D eigenvalue weighted by Gasteiger charge is -2.48. The van der Waals surface area contributed by atoms with Crippen molar-refractivity contribution in [3.05, 3.63) is 23.0 Å². The predicted octanol–water partition coefficient (Wildman–Crippen LogP) is 5.28. The lowest BCUT2D eigenvalue weighted by atomic mass is 9.78. The third-order valence-corrected chi connectivity index (χ3v) is 12.4. The number of esters is 1. The number of aliphatic hydroxyl groups excluding tert-OH is 1. The molecule has 3 saturated heterocycles. The van der Waals surface area contributed by atoms with E-state index >= 15 is 0 Å². The zero-order valence-electron chi connectivity index (χ0n) is 34.5. The molecule has 302 valence electrons. The van der Waals surface area contributed by atoms with Gasteiger partial charge >= 0.3 is 5.97 Å². The number of fused-ring (bicyclic) bond motifs is 3. The van der Waals surface area contributed by atoms with Crippen molar-refractivity contribution in [2.24, 2.45) is 16.8 Å². The Bertz CT molecular complexity index is 1420. The molecular formula is C40H66N2O11. The minimum Gasteiger partial charge on any atom is -0.479 e. The van der Waals surface area contributed by atoms with Gasteiger partial charge < -0.3 is 52.6 Å². The maximum atomic E-state index is 14.4. The maximum absolute atomic E-state index is 14.4. The van der Waals surface area contributed by atoms with Gasteiger partial charge in [0.05, 0.1) is 47.6 Å². The highest BCUT2D eigenvalue weighted by atomic mass is 16.7. The van der Waals surface area contributed by atoms with E-state index < -0.39 is 83.8 Å². The quantitative estimate of drug-likeness (QED) is 0.324. The largest absolute Gasteiger partial charge is 0.479 e. The number of amidine groups is 1. The van der Waals surface area contributed by atoms with Crippen LogP contribution in [0.15, 0.2) is 28.0 Å².